The number of halogens is 1. The molecule has 3 aromatic rings. The second kappa shape index (κ2) is 10.5. The van der Waals surface area contributed by atoms with Gasteiger partial charge in [0, 0.05) is 40.0 Å². The van der Waals surface area contributed by atoms with Crippen molar-refractivity contribution in [2.45, 2.75) is 51.2 Å². The monoisotopic (exact) mass is 483 g/mol. The van der Waals surface area contributed by atoms with Crippen molar-refractivity contribution < 1.29 is 17.9 Å². The number of pyridine rings is 1. The minimum Gasteiger partial charge on any atom is -0.392 e. The van der Waals surface area contributed by atoms with Gasteiger partial charge in [-0.3, -0.25) is 0 Å². The zero-order valence-electron chi connectivity index (χ0n) is 19.8. The fraction of sp³-hybridized carbons (Fsp3) is 0.269. The number of hydrogen-bond acceptors (Lipinski definition) is 4. The lowest BCUT2D eigenvalue weighted by atomic mass is 10.0. The Balaban J connectivity index is 2.04. The van der Waals surface area contributed by atoms with Crippen molar-refractivity contribution in [1.29, 1.82) is 0 Å². The molecule has 8 heteroatoms. The highest BCUT2D eigenvalue weighted by atomic mass is 32.2. The van der Waals surface area contributed by atoms with Gasteiger partial charge in [-0.15, -0.1) is 0 Å². The molecular weight excluding hydrogens is 453 g/mol. The lowest BCUT2D eigenvalue weighted by Gasteiger charge is -2.21. The summed E-state index contributed by atoms with van der Waals surface area (Å²) in [7, 11) is -3.75. The minimum absolute atomic E-state index is 0.142. The highest BCUT2D eigenvalue weighted by molar-refractivity contribution is 7.89. The number of hydrogen-bond donors (Lipinski definition) is 3. The zero-order valence-corrected chi connectivity index (χ0v) is 20.6. The van der Waals surface area contributed by atoms with Crippen LogP contribution < -0.4 is 4.72 Å². The van der Waals surface area contributed by atoms with Crippen LogP contribution in [0.4, 0.5) is 4.39 Å². The molecule has 0 saturated carbocycles. The lowest BCUT2D eigenvalue weighted by Crippen LogP contribution is -2.40. The quantitative estimate of drug-likeness (QED) is 0.369. The molecule has 0 amide bonds. The maximum atomic E-state index is 15.0. The van der Waals surface area contributed by atoms with Gasteiger partial charge in [-0.05, 0) is 51.0 Å². The van der Waals surface area contributed by atoms with Crippen LogP contribution in [-0.2, 0) is 16.6 Å². The molecule has 0 radical (unpaired) electrons. The van der Waals surface area contributed by atoms with Gasteiger partial charge in [-0.1, -0.05) is 43.4 Å². The molecule has 0 aliphatic heterocycles. The van der Waals surface area contributed by atoms with E-state index in [1.165, 1.54) is 12.1 Å². The Morgan fingerprint density at radius 2 is 2.00 bits per heavy atom. The average molecular weight is 484 g/mol. The fourth-order valence-electron chi connectivity index (χ4n) is 3.51. The number of nitrogens with one attached hydrogen (secondary N) is 2. The summed E-state index contributed by atoms with van der Waals surface area (Å²) < 4.78 is 43.4. The lowest BCUT2D eigenvalue weighted by molar-refractivity contribution is 0.283. The molecule has 180 valence electrons. The predicted molar refractivity (Wildman–Crippen MR) is 135 cm³/mol. The normalized spacial score (nSPS) is 13.8. The van der Waals surface area contributed by atoms with Gasteiger partial charge in [-0.25, -0.2) is 22.5 Å². The molecule has 2 heterocycles. The van der Waals surface area contributed by atoms with Crippen LogP contribution in [0.25, 0.3) is 22.7 Å². The van der Waals surface area contributed by atoms with E-state index in [1.54, 1.807) is 75.7 Å². The van der Waals surface area contributed by atoms with Crippen molar-refractivity contribution in [2.24, 2.45) is 0 Å². The van der Waals surface area contributed by atoms with Crippen LogP contribution in [0.3, 0.4) is 0 Å². The Kier molecular flexibility index (Phi) is 7.86. The van der Waals surface area contributed by atoms with Crippen molar-refractivity contribution >= 4 is 32.7 Å². The Morgan fingerprint density at radius 3 is 2.68 bits per heavy atom. The summed E-state index contributed by atoms with van der Waals surface area (Å²) >= 11 is 0. The maximum Gasteiger partial charge on any atom is 0.241 e. The molecule has 0 saturated heterocycles. The molecule has 34 heavy (non-hydrogen) atoms. The number of sulfonamides is 1. The molecule has 2 aromatic heterocycles. The molecule has 3 N–H and O–H groups in total. The smallest absolute Gasteiger partial charge is 0.241 e. The Hall–Kier alpha value is -3.07. The van der Waals surface area contributed by atoms with Crippen molar-refractivity contribution in [3.8, 4) is 0 Å². The molecule has 0 bridgehead atoms. The first-order valence-electron chi connectivity index (χ1n) is 11.0. The molecule has 3 rings (SSSR count). The second-order valence-corrected chi connectivity index (χ2v) is 10.5. The van der Waals surface area contributed by atoms with Crippen LogP contribution in [0.2, 0.25) is 0 Å². The number of rotatable bonds is 8. The summed E-state index contributed by atoms with van der Waals surface area (Å²) in [6.45, 7) is 7.01. The van der Waals surface area contributed by atoms with Crippen LogP contribution in [0, 0.1) is 0 Å². The number of benzene rings is 1. The number of aliphatic hydroxyl groups is 1. The van der Waals surface area contributed by atoms with Crippen LogP contribution in [0.1, 0.15) is 50.8 Å². The van der Waals surface area contributed by atoms with Crippen molar-refractivity contribution in [3.63, 3.8) is 0 Å². The summed E-state index contributed by atoms with van der Waals surface area (Å²) in [5, 5.41) is 10.3. The topological polar surface area (TPSA) is 95.1 Å². The number of aliphatic hydroxyl groups excluding tert-OH is 1. The van der Waals surface area contributed by atoms with Crippen LogP contribution in [-0.4, -0.2) is 29.0 Å². The predicted octanol–water partition coefficient (Wildman–Crippen LogP) is 5.49. The SMILES string of the molecule is CC\C=C(F)/C(=C\C=C\c1ccccc1S(=O)(=O)NC(C)(C)C)c1cnc2[nH]cc(CO)c2c1. The van der Waals surface area contributed by atoms with Crippen LogP contribution in [0.15, 0.2) is 71.7 Å². The van der Waals surface area contributed by atoms with Gasteiger partial charge in [0.05, 0.1) is 11.5 Å². The summed E-state index contributed by atoms with van der Waals surface area (Å²) in [5.74, 6) is -0.412. The third kappa shape index (κ3) is 6.08. The number of H-pyrrole nitrogens is 1. The van der Waals surface area contributed by atoms with E-state index >= 15 is 4.39 Å². The average Bonchev–Trinajstić information content (AvgIpc) is 3.18. The van der Waals surface area contributed by atoms with Crippen molar-refractivity contribution in [1.82, 2.24) is 14.7 Å². The third-order valence-electron chi connectivity index (χ3n) is 4.93. The molecule has 0 fully saturated rings. The van der Waals surface area contributed by atoms with Gasteiger partial charge >= 0.3 is 0 Å². The number of aromatic nitrogens is 2. The van der Waals surface area contributed by atoms with Gasteiger partial charge in [0.25, 0.3) is 0 Å². The van der Waals surface area contributed by atoms with Crippen molar-refractivity contribution in [3.05, 3.63) is 83.5 Å². The zero-order chi connectivity index (χ0) is 24.9. The van der Waals surface area contributed by atoms with Gasteiger partial charge in [0.15, 0.2) is 0 Å². The summed E-state index contributed by atoms with van der Waals surface area (Å²) in [6, 6.07) is 8.42. The van der Waals surface area contributed by atoms with Crippen LogP contribution >= 0.6 is 0 Å². The van der Waals surface area contributed by atoms with E-state index in [4.69, 9.17) is 0 Å². The summed E-state index contributed by atoms with van der Waals surface area (Å²) in [6.07, 6.45) is 10.1. The number of fused-ring (bicyclic) bond motifs is 1. The molecule has 0 spiro atoms. The first-order valence-corrected chi connectivity index (χ1v) is 12.5. The maximum absolute atomic E-state index is 15.0. The molecule has 0 atom stereocenters. The van der Waals surface area contributed by atoms with E-state index in [9.17, 15) is 13.5 Å². The Morgan fingerprint density at radius 1 is 1.26 bits per heavy atom. The fourth-order valence-corrected chi connectivity index (χ4v) is 5.13. The molecule has 0 aliphatic rings. The molecular formula is C26H30FN3O3S. The van der Waals surface area contributed by atoms with Gasteiger partial charge in [-0.2, -0.15) is 0 Å². The van der Waals surface area contributed by atoms with Gasteiger partial charge in [0.2, 0.25) is 10.0 Å². The van der Waals surface area contributed by atoms with E-state index < -0.39 is 21.4 Å². The number of nitrogens with zero attached hydrogens (tertiary/aromatic N) is 1. The largest absolute Gasteiger partial charge is 0.392 e. The van der Waals surface area contributed by atoms with E-state index in [-0.39, 0.29) is 11.5 Å². The van der Waals surface area contributed by atoms with Crippen molar-refractivity contribution in [2.75, 3.05) is 0 Å². The van der Waals surface area contributed by atoms with E-state index in [0.717, 1.165) is 0 Å². The molecule has 6 nitrogen and oxygen atoms in total. The minimum atomic E-state index is -3.75. The highest BCUT2D eigenvalue weighted by Gasteiger charge is 2.23. The summed E-state index contributed by atoms with van der Waals surface area (Å²) in [4.78, 5) is 7.47. The Labute approximate surface area is 200 Å². The first kappa shape index (κ1) is 25.6. The number of aromatic amines is 1. The second-order valence-electron chi connectivity index (χ2n) is 8.89. The van der Waals surface area contributed by atoms with Gasteiger partial charge < -0.3 is 10.1 Å². The van der Waals surface area contributed by atoms with Gasteiger partial charge in [0.1, 0.15) is 11.5 Å². The van der Waals surface area contributed by atoms with E-state index in [0.29, 0.717) is 39.7 Å². The number of allylic oxidation sites excluding steroid dienone is 5. The summed E-state index contributed by atoms with van der Waals surface area (Å²) in [5.41, 5.74) is 1.98. The third-order valence-corrected chi connectivity index (χ3v) is 6.76. The van der Waals surface area contributed by atoms with E-state index in [1.807, 2.05) is 6.92 Å². The molecule has 0 unspecified atom stereocenters. The Bertz CT molecular complexity index is 1360. The highest BCUT2D eigenvalue weighted by Crippen LogP contribution is 2.28. The van der Waals surface area contributed by atoms with E-state index in [2.05, 4.69) is 14.7 Å². The first-order chi connectivity index (χ1) is 16.1. The standard InChI is InChI=1S/C26H30FN3O3S/c1-5-9-23(27)21(19-14-22-20(17-31)16-29-25(22)28-15-19)12-8-11-18-10-6-7-13-24(18)34(32,33)30-26(2,3)4/h6-16,30-31H,5,17H2,1-4H3,(H,28,29)/b11-8+,21-12-,23-9+. The molecule has 1 aromatic carbocycles. The van der Waals surface area contributed by atoms with Crippen LogP contribution in [0.5, 0.6) is 0 Å². The molecule has 0 aliphatic carbocycles.